The van der Waals surface area contributed by atoms with Crippen LogP contribution in [0.2, 0.25) is 0 Å². The van der Waals surface area contributed by atoms with Crippen molar-refractivity contribution in [1.29, 1.82) is 0 Å². The van der Waals surface area contributed by atoms with Crippen LogP contribution in [0.3, 0.4) is 0 Å². The second-order valence-electron chi connectivity index (χ2n) is 3.71. The van der Waals surface area contributed by atoms with Crippen LogP contribution in [-0.2, 0) is 17.9 Å². The summed E-state index contributed by atoms with van der Waals surface area (Å²) in [4.78, 5) is 4.57. The molecule has 0 bridgehead atoms. The van der Waals surface area contributed by atoms with Gasteiger partial charge in [-0.1, -0.05) is 35.0 Å². The molecule has 0 N–H and O–H groups in total. The van der Waals surface area contributed by atoms with Gasteiger partial charge in [0.05, 0.1) is 10.7 Å². The normalized spacial score (nSPS) is 10.7. The van der Waals surface area contributed by atoms with E-state index in [9.17, 15) is 0 Å². The zero-order valence-corrected chi connectivity index (χ0v) is 12.9. The second kappa shape index (κ2) is 6.57. The number of aromatic nitrogens is 1. The van der Waals surface area contributed by atoms with Gasteiger partial charge >= 0.3 is 0 Å². The Hall–Kier alpha value is -0.320. The van der Waals surface area contributed by atoms with E-state index in [1.807, 2.05) is 11.8 Å². The highest BCUT2D eigenvalue weighted by atomic mass is 79.9. The van der Waals surface area contributed by atoms with Crippen molar-refractivity contribution in [2.24, 2.45) is 0 Å². The summed E-state index contributed by atoms with van der Waals surface area (Å²) in [6, 6.07) is 8.47. The first-order chi connectivity index (χ1) is 8.28. The van der Waals surface area contributed by atoms with Gasteiger partial charge in [0.1, 0.15) is 0 Å². The molecule has 1 aromatic carbocycles. The summed E-state index contributed by atoms with van der Waals surface area (Å²) in [6.45, 7) is 2.15. The molecule has 0 saturated carbocycles. The van der Waals surface area contributed by atoms with Crippen LogP contribution >= 0.6 is 39.0 Å². The first kappa shape index (κ1) is 13.1. The molecule has 0 unspecified atom stereocenters. The van der Waals surface area contributed by atoms with E-state index in [0.717, 1.165) is 22.4 Å². The van der Waals surface area contributed by atoms with Crippen LogP contribution in [0.1, 0.15) is 23.2 Å². The van der Waals surface area contributed by atoms with Crippen molar-refractivity contribution in [3.05, 3.63) is 50.4 Å². The summed E-state index contributed by atoms with van der Waals surface area (Å²) in [6.07, 6.45) is 1.04. The highest BCUT2D eigenvalue weighted by Gasteiger charge is 2.01. The van der Waals surface area contributed by atoms with Crippen molar-refractivity contribution >= 4 is 39.0 Å². The van der Waals surface area contributed by atoms with Crippen LogP contribution in [0.25, 0.3) is 0 Å². The summed E-state index contributed by atoms with van der Waals surface area (Å²) in [5.41, 5.74) is 2.57. The lowest BCUT2D eigenvalue weighted by atomic mass is 10.2. The van der Waals surface area contributed by atoms with Gasteiger partial charge < -0.3 is 0 Å². The van der Waals surface area contributed by atoms with Gasteiger partial charge in [0, 0.05) is 21.4 Å². The first-order valence-corrected chi connectivity index (χ1v) is 8.36. The maximum Gasteiger partial charge on any atom is 0.0925 e. The molecule has 1 nitrogen and oxygen atoms in total. The van der Waals surface area contributed by atoms with E-state index in [4.69, 9.17) is 0 Å². The number of benzene rings is 1. The minimum absolute atomic E-state index is 1.00. The van der Waals surface area contributed by atoms with E-state index >= 15 is 0 Å². The minimum atomic E-state index is 1.00. The molecule has 0 atom stereocenters. The summed E-state index contributed by atoms with van der Waals surface area (Å²) in [7, 11) is 0. The predicted molar refractivity (Wildman–Crippen MR) is 80.6 cm³/mol. The van der Waals surface area contributed by atoms with Crippen molar-refractivity contribution < 1.29 is 0 Å². The summed E-state index contributed by atoms with van der Waals surface area (Å²) < 4.78 is 1.15. The third-order valence-electron chi connectivity index (χ3n) is 2.31. The Morgan fingerprint density at radius 3 is 2.94 bits per heavy atom. The Labute approximate surface area is 119 Å². The molecule has 0 amide bonds. The van der Waals surface area contributed by atoms with Crippen molar-refractivity contribution in [3.63, 3.8) is 0 Å². The molecule has 4 heteroatoms. The number of aryl methyl sites for hydroxylation is 1. The molecule has 2 aromatic rings. The third-order valence-corrected chi connectivity index (χ3v) is 4.88. The Balaban J connectivity index is 1.83. The van der Waals surface area contributed by atoms with Crippen molar-refractivity contribution in [1.82, 2.24) is 4.98 Å². The van der Waals surface area contributed by atoms with E-state index in [0.29, 0.717) is 0 Å². The fraction of sp³-hybridized carbons (Fsp3) is 0.308. The second-order valence-corrected chi connectivity index (χ2v) is 6.55. The van der Waals surface area contributed by atoms with Gasteiger partial charge in [-0.2, -0.15) is 11.8 Å². The lowest BCUT2D eigenvalue weighted by Gasteiger charge is -2.00. The summed E-state index contributed by atoms with van der Waals surface area (Å²) in [5.74, 6) is 2.04. The van der Waals surface area contributed by atoms with Crippen LogP contribution in [0.15, 0.2) is 34.1 Å². The van der Waals surface area contributed by atoms with Gasteiger partial charge in [-0.25, -0.2) is 4.98 Å². The zero-order chi connectivity index (χ0) is 12.1. The average Bonchev–Trinajstić information content (AvgIpc) is 2.77. The van der Waals surface area contributed by atoms with Crippen LogP contribution in [0, 0.1) is 0 Å². The Kier molecular flexibility index (Phi) is 5.07. The fourth-order valence-corrected chi connectivity index (χ4v) is 3.65. The number of thioether (sulfide) groups is 1. The average molecular weight is 328 g/mol. The maximum atomic E-state index is 4.57. The molecule has 0 radical (unpaired) electrons. The predicted octanol–water partition coefficient (Wildman–Crippen LogP) is 4.90. The maximum absolute atomic E-state index is 4.57. The molecule has 0 aliphatic heterocycles. The van der Waals surface area contributed by atoms with E-state index in [1.165, 1.54) is 16.3 Å². The van der Waals surface area contributed by atoms with Crippen LogP contribution in [0.4, 0.5) is 0 Å². The van der Waals surface area contributed by atoms with E-state index in [-0.39, 0.29) is 0 Å². The molecule has 0 spiro atoms. The molecular weight excluding hydrogens is 314 g/mol. The largest absolute Gasteiger partial charge is 0.245 e. The molecule has 0 saturated heterocycles. The molecule has 1 heterocycles. The molecular formula is C13H14BrNS2. The van der Waals surface area contributed by atoms with Gasteiger partial charge in [0.2, 0.25) is 0 Å². The number of hydrogen-bond acceptors (Lipinski definition) is 3. The third kappa shape index (κ3) is 4.12. The topological polar surface area (TPSA) is 12.9 Å². The Morgan fingerprint density at radius 1 is 1.35 bits per heavy atom. The quantitative estimate of drug-likeness (QED) is 0.774. The monoisotopic (exact) mass is 327 g/mol. The highest BCUT2D eigenvalue weighted by molar-refractivity contribution is 9.10. The van der Waals surface area contributed by atoms with E-state index < -0.39 is 0 Å². The molecule has 1 aromatic heterocycles. The van der Waals surface area contributed by atoms with Crippen LogP contribution < -0.4 is 0 Å². The van der Waals surface area contributed by atoms with Gasteiger partial charge in [-0.05, 0) is 24.1 Å². The number of halogens is 1. The number of rotatable bonds is 5. The summed E-state index contributed by atoms with van der Waals surface area (Å²) >= 11 is 7.17. The van der Waals surface area contributed by atoms with Crippen molar-refractivity contribution in [2.75, 3.05) is 0 Å². The van der Waals surface area contributed by atoms with Crippen molar-refractivity contribution in [2.45, 2.75) is 24.9 Å². The van der Waals surface area contributed by atoms with Gasteiger partial charge in [-0.15, -0.1) is 11.3 Å². The Bertz CT molecular complexity index is 482. The lowest BCUT2D eigenvalue weighted by Crippen LogP contribution is -1.85. The Morgan fingerprint density at radius 2 is 2.24 bits per heavy atom. The number of nitrogens with zero attached hydrogens (tertiary/aromatic N) is 1. The fourth-order valence-electron chi connectivity index (χ4n) is 1.48. The van der Waals surface area contributed by atoms with E-state index in [1.54, 1.807) is 11.3 Å². The van der Waals surface area contributed by atoms with E-state index in [2.05, 4.69) is 57.5 Å². The number of hydrogen-bond donors (Lipinski definition) is 0. The molecule has 90 valence electrons. The molecule has 17 heavy (non-hydrogen) atoms. The zero-order valence-electron chi connectivity index (χ0n) is 9.65. The van der Waals surface area contributed by atoms with Gasteiger partial charge in [0.25, 0.3) is 0 Å². The SMILES string of the molecule is CCc1nc(CSCc2cccc(Br)c2)cs1. The van der Waals surface area contributed by atoms with Crippen LogP contribution in [-0.4, -0.2) is 4.98 Å². The molecule has 0 aliphatic rings. The van der Waals surface area contributed by atoms with Gasteiger partial charge in [-0.3, -0.25) is 0 Å². The van der Waals surface area contributed by atoms with Gasteiger partial charge in [0.15, 0.2) is 0 Å². The highest BCUT2D eigenvalue weighted by Crippen LogP contribution is 2.21. The standard InChI is InChI=1S/C13H14BrNS2/c1-2-13-15-12(9-17-13)8-16-7-10-4-3-5-11(14)6-10/h3-6,9H,2,7-8H2,1H3. The smallest absolute Gasteiger partial charge is 0.0925 e. The van der Waals surface area contributed by atoms with Crippen LogP contribution in [0.5, 0.6) is 0 Å². The van der Waals surface area contributed by atoms with Crippen molar-refractivity contribution in [3.8, 4) is 0 Å². The first-order valence-electron chi connectivity index (χ1n) is 5.53. The molecule has 2 rings (SSSR count). The number of thiazole rings is 1. The lowest BCUT2D eigenvalue weighted by molar-refractivity contribution is 1.06. The summed E-state index contributed by atoms with van der Waals surface area (Å²) in [5, 5.41) is 3.41. The minimum Gasteiger partial charge on any atom is -0.245 e. The molecule has 0 fully saturated rings. The molecule has 0 aliphatic carbocycles.